The van der Waals surface area contributed by atoms with E-state index in [2.05, 4.69) is 0 Å². The molecule has 2 aliphatic rings. The molecular formula is C17H23NO2. The average molecular weight is 273 g/mol. The minimum absolute atomic E-state index is 0.235. The van der Waals surface area contributed by atoms with E-state index in [-0.39, 0.29) is 5.91 Å². The van der Waals surface area contributed by atoms with E-state index in [1.165, 1.54) is 25.7 Å². The van der Waals surface area contributed by atoms with Gasteiger partial charge >= 0.3 is 0 Å². The van der Waals surface area contributed by atoms with Crippen molar-refractivity contribution in [1.29, 1.82) is 0 Å². The molecule has 1 N–H and O–H groups in total. The monoisotopic (exact) mass is 273 g/mol. The molecule has 0 radical (unpaired) electrons. The van der Waals surface area contributed by atoms with E-state index in [0.29, 0.717) is 12.3 Å². The molecule has 1 amide bonds. The predicted molar refractivity (Wildman–Crippen MR) is 79.6 cm³/mol. The molecule has 1 atom stereocenters. The molecule has 1 fully saturated rings. The van der Waals surface area contributed by atoms with Crippen molar-refractivity contribution in [3.8, 4) is 0 Å². The Morgan fingerprint density at radius 1 is 1.15 bits per heavy atom. The van der Waals surface area contributed by atoms with Crippen LogP contribution in [0.2, 0.25) is 0 Å². The Labute approximate surface area is 120 Å². The van der Waals surface area contributed by atoms with Crippen molar-refractivity contribution in [3.63, 3.8) is 0 Å². The van der Waals surface area contributed by atoms with Gasteiger partial charge in [-0.15, -0.1) is 0 Å². The van der Waals surface area contributed by atoms with Crippen LogP contribution in [0.25, 0.3) is 0 Å². The number of hydrogen-bond donors (Lipinski definition) is 1. The van der Waals surface area contributed by atoms with Crippen LogP contribution >= 0.6 is 0 Å². The molecular weight excluding hydrogens is 250 g/mol. The molecule has 0 saturated heterocycles. The fourth-order valence-electron chi connectivity index (χ4n) is 3.56. The number of para-hydroxylation sites is 1. The fraction of sp³-hybridized carbons (Fsp3) is 0.588. The largest absolute Gasteiger partial charge is 0.388 e. The average Bonchev–Trinajstić information content (AvgIpc) is 2.90. The lowest BCUT2D eigenvalue weighted by atomic mass is 10.0. The second kappa shape index (κ2) is 5.96. The number of carbonyl (C=O) groups excluding carboxylic acids is 1. The van der Waals surface area contributed by atoms with Gasteiger partial charge in [-0.2, -0.15) is 0 Å². The maximum absolute atomic E-state index is 12.6. The third-order valence-electron chi connectivity index (χ3n) is 4.68. The molecule has 1 heterocycles. The molecule has 1 unspecified atom stereocenters. The van der Waals surface area contributed by atoms with Crippen molar-refractivity contribution in [3.05, 3.63) is 29.8 Å². The van der Waals surface area contributed by atoms with Gasteiger partial charge in [-0.1, -0.05) is 31.0 Å². The number of carbonyl (C=O) groups is 1. The first-order valence-corrected chi connectivity index (χ1v) is 7.83. The summed E-state index contributed by atoms with van der Waals surface area (Å²) in [6, 6.07) is 7.80. The minimum atomic E-state index is -0.435. The summed E-state index contributed by atoms with van der Waals surface area (Å²) >= 11 is 0. The van der Waals surface area contributed by atoms with Gasteiger partial charge < -0.3 is 10.0 Å². The second-order valence-electron chi connectivity index (χ2n) is 6.12. The smallest absolute Gasteiger partial charge is 0.227 e. The molecule has 1 saturated carbocycles. The molecule has 3 rings (SSSR count). The fourth-order valence-corrected chi connectivity index (χ4v) is 3.56. The lowest BCUT2D eigenvalue weighted by Crippen LogP contribution is -2.32. The van der Waals surface area contributed by atoms with Crippen LogP contribution in [0.3, 0.4) is 0 Å². The van der Waals surface area contributed by atoms with Crippen LogP contribution < -0.4 is 4.90 Å². The number of nitrogens with zero attached hydrogens (tertiary/aromatic N) is 1. The highest BCUT2D eigenvalue weighted by atomic mass is 16.3. The highest BCUT2D eigenvalue weighted by Gasteiger charge is 2.27. The lowest BCUT2D eigenvalue weighted by Gasteiger charge is -2.24. The van der Waals surface area contributed by atoms with Gasteiger partial charge in [-0.05, 0) is 37.7 Å². The summed E-state index contributed by atoms with van der Waals surface area (Å²) in [5, 5.41) is 10.2. The number of rotatable bonds is 2. The Kier molecular flexibility index (Phi) is 4.06. The summed E-state index contributed by atoms with van der Waals surface area (Å²) in [5.41, 5.74) is 1.82. The van der Waals surface area contributed by atoms with Gasteiger partial charge in [0.2, 0.25) is 5.91 Å². The molecule has 3 nitrogen and oxygen atoms in total. The number of hydrogen-bond acceptors (Lipinski definition) is 2. The van der Waals surface area contributed by atoms with Crippen LogP contribution in [0.5, 0.6) is 0 Å². The van der Waals surface area contributed by atoms with Crippen molar-refractivity contribution >= 4 is 11.6 Å². The van der Waals surface area contributed by atoms with E-state index >= 15 is 0 Å². The zero-order valence-electron chi connectivity index (χ0n) is 11.9. The highest BCUT2D eigenvalue weighted by Crippen LogP contribution is 2.34. The van der Waals surface area contributed by atoms with Crippen molar-refractivity contribution < 1.29 is 9.90 Å². The Morgan fingerprint density at radius 2 is 1.90 bits per heavy atom. The summed E-state index contributed by atoms with van der Waals surface area (Å²) in [5.74, 6) is 0.807. The summed E-state index contributed by atoms with van der Waals surface area (Å²) in [4.78, 5) is 14.5. The molecule has 1 aliphatic carbocycles. The van der Waals surface area contributed by atoms with Gasteiger partial charge in [0, 0.05) is 24.2 Å². The van der Waals surface area contributed by atoms with Crippen molar-refractivity contribution in [1.82, 2.24) is 0 Å². The SMILES string of the molecule is O=C(CC1CCCC1)N1CCCC(O)c2ccccc21. The number of aliphatic hydroxyl groups excluding tert-OH is 1. The number of amides is 1. The maximum Gasteiger partial charge on any atom is 0.227 e. The van der Waals surface area contributed by atoms with Crippen LogP contribution in [0.1, 0.15) is 56.6 Å². The van der Waals surface area contributed by atoms with E-state index in [1.54, 1.807) is 0 Å². The Bertz CT molecular complexity index is 480. The van der Waals surface area contributed by atoms with Gasteiger partial charge in [-0.25, -0.2) is 0 Å². The number of aliphatic hydroxyl groups is 1. The Morgan fingerprint density at radius 3 is 2.70 bits per heavy atom. The third-order valence-corrected chi connectivity index (χ3v) is 4.68. The summed E-state index contributed by atoms with van der Waals surface area (Å²) < 4.78 is 0. The van der Waals surface area contributed by atoms with E-state index in [0.717, 1.165) is 30.6 Å². The van der Waals surface area contributed by atoms with Gasteiger partial charge in [0.1, 0.15) is 0 Å². The lowest BCUT2D eigenvalue weighted by molar-refractivity contribution is -0.119. The molecule has 0 spiro atoms. The number of fused-ring (bicyclic) bond motifs is 1. The van der Waals surface area contributed by atoms with Crippen LogP contribution in [-0.2, 0) is 4.79 Å². The maximum atomic E-state index is 12.6. The Balaban J connectivity index is 1.81. The van der Waals surface area contributed by atoms with E-state index < -0.39 is 6.10 Å². The van der Waals surface area contributed by atoms with Gasteiger partial charge in [-0.3, -0.25) is 4.79 Å². The van der Waals surface area contributed by atoms with Gasteiger partial charge in [0.15, 0.2) is 0 Å². The molecule has 1 aromatic rings. The van der Waals surface area contributed by atoms with Crippen LogP contribution in [-0.4, -0.2) is 17.6 Å². The van der Waals surface area contributed by atoms with E-state index in [4.69, 9.17) is 0 Å². The Hall–Kier alpha value is -1.35. The second-order valence-corrected chi connectivity index (χ2v) is 6.12. The van der Waals surface area contributed by atoms with Crippen molar-refractivity contribution in [2.75, 3.05) is 11.4 Å². The zero-order chi connectivity index (χ0) is 13.9. The van der Waals surface area contributed by atoms with E-state index in [1.807, 2.05) is 29.2 Å². The summed E-state index contributed by atoms with van der Waals surface area (Å²) in [6.45, 7) is 0.736. The van der Waals surface area contributed by atoms with Gasteiger partial charge in [0.05, 0.1) is 6.10 Å². The molecule has 1 aromatic carbocycles. The van der Waals surface area contributed by atoms with Crippen LogP contribution in [0, 0.1) is 5.92 Å². The van der Waals surface area contributed by atoms with Crippen molar-refractivity contribution in [2.24, 2.45) is 5.92 Å². The highest BCUT2D eigenvalue weighted by molar-refractivity contribution is 5.94. The van der Waals surface area contributed by atoms with Crippen LogP contribution in [0.4, 0.5) is 5.69 Å². The minimum Gasteiger partial charge on any atom is -0.388 e. The first-order chi connectivity index (χ1) is 9.75. The molecule has 0 bridgehead atoms. The normalized spacial score (nSPS) is 23.4. The summed E-state index contributed by atoms with van der Waals surface area (Å²) in [6.07, 6.45) is 6.78. The zero-order valence-corrected chi connectivity index (χ0v) is 11.9. The van der Waals surface area contributed by atoms with E-state index in [9.17, 15) is 9.90 Å². The number of benzene rings is 1. The molecule has 3 heteroatoms. The summed E-state index contributed by atoms with van der Waals surface area (Å²) in [7, 11) is 0. The number of anilines is 1. The first kappa shape index (κ1) is 13.6. The molecule has 1 aliphatic heterocycles. The van der Waals surface area contributed by atoms with Crippen molar-refractivity contribution in [2.45, 2.75) is 51.0 Å². The molecule has 0 aromatic heterocycles. The first-order valence-electron chi connectivity index (χ1n) is 7.83. The quantitative estimate of drug-likeness (QED) is 0.897. The predicted octanol–water partition coefficient (Wildman–Crippen LogP) is 3.43. The van der Waals surface area contributed by atoms with Crippen LogP contribution in [0.15, 0.2) is 24.3 Å². The standard InChI is InChI=1S/C17H23NO2/c19-16-10-5-11-18(15-9-4-3-8-14(15)16)17(20)12-13-6-1-2-7-13/h3-4,8-9,13,16,19H,1-2,5-7,10-12H2. The molecule has 20 heavy (non-hydrogen) atoms. The van der Waals surface area contributed by atoms with Gasteiger partial charge in [0.25, 0.3) is 0 Å². The topological polar surface area (TPSA) is 40.5 Å². The third kappa shape index (κ3) is 2.73. The molecule has 108 valence electrons.